The van der Waals surface area contributed by atoms with E-state index in [9.17, 15) is 8.42 Å². The van der Waals surface area contributed by atoms with Crippen LogP contribution in [0.5, 0.6) is 0 Å². The van der Waals surface area contributed by atoms with E-state index in [1.54, 1.807) is 12.3 Å². The zero-order valence-electron chi connectivity index (χ0n) is 15.4. The lowest BCUT2D eigenvalue weighted by atomic mass is 9.82. The summed E-state index contributed by atoms with van der Waals surface area (Å²) in [5.74, 6) is 2.48. The normalized spacial score (nSPS) is 23.7. The first kappa shape index (κ1) is 19.1. The first-order valence-electron chi connectivity index (χ1n) is 9.53. The molecule has 8 heteroatoms. The second kappa shape index (κ2) is 8.81. The van der Waals surface area contributed by atoms with Crippen molar-refractivity contribution in [3.05, 3.63) is 24.5 Å². The number of rotatable bonds is 6. The highest BCUT2D eigenvalue weighted by Crippen LogP contribution is 2.35. The Hall–Kier alpha value is -1.67. The molecule has 2 N–H and O–H groups in total. The number of hydrogen-bond acceptors (Lipinski definition) is 4. The number of likely N-dealkylation sites (tertiary alicyclic amines) is 1. The molecule has 0 spiro atoms. The van der Waals surface area contributed by atoms with E-state index in [-0.39, 0.29) is 11.4 Å². The van der Waals surface area contributed by atoms with E-state index in [1.807, 2.05) is 0 Å². The maximum Gasteiger partial charge on any atom is 0.242 e. The monoisotopic (exact) mass is 379 g/mol. The summed E-state index contributed by atoms with van der Waals surface area (Å²) in [5.41, 5.74) is 0. The molecule has 3 rings (SSSR count). The van der Waals surface area contributed by atoms with Crippen molar-refractivity contribution in [1.82, 2.24) is 19.9 Å². The minimum absolute atomic E-state index is 0.180. The molecule has 1 aliphatic heterocycles. The molecule has 2 aliphatic rings. The standard InChI is InChI=1S/C18H29N5O2S/c1-2-20-18(23-13-15-6-3-4-7-16(15)14-23)21-10-11-22-26(24,25)17-8-5-9-19-12-17/h5,8-9,12,15-16,22H,2-4,6-7,10-11,13-14H2,1H3,(H,20,21). The van der Waals surface area contributed by atoms with Crippen molar-refractivity contribution in [3.8, 4) is 0 Å². The van der Waals surface area contributed by atoms with Gasteiger partial charge in [-0.15, -0.1) is 0 Å². The molecule has 2 heterocycles. The maximum absolute atomic E-state index is 12.2. The fourth-order valence-electron chi connectivity index (χ4n) is 3.94. The van der Waals surface area contributed by atoms with Crippen LogP contribution in [-0.2, 0) is 10.0 Å². The highest BCUT2D eigenvalue weighted by Gasteiger charge is 2.35. The van der Waals surface area contributed by atoms with Crippen molar-refractivity contribution in [2.45, 2.75) is 37.5 Å². The van der Waals surface area contributed by atoms with Gasteiger partial charge in [-0.1, -0.05) is 12.8 Å². The second-order valence-corrected chi connectivity index (χ2v) is 8.80. The molecule has 1 saturated heterocycles. The summed E-state index contributed by atoms with van der Waals surface area (Å²) in [6.07, 6.45) is 8.25. The third-order valence-electron chi connectivity index (χ3n) is 5.22. The van der Waals surface area contributed by atoms with Crippen LogP contribution in [0.3, 0.4) is 0 Å². The average molecular weight is 380 g/mol. The summed E-state index contributed by atoms with van der Waals surface area (Å²) in [5, 5.41) is 3.35. The van der Waals surface area contributed by atoms with Gasteiger partial charge < -0.3 is 10.2 Å². The molecule has 7 nitrogen and oxygen atoms in total. The summed E-state index contributed by atoms with van der Waals surface area (Å²) in [7, 11) is -3.52. The van der Waals surface area contributed by atoms with E-state index in [2.05, 4.69) is 31.8 Å². The molecule has 0 bridgehead atoms. The molecule has 2 atom stereocenters. The van der Waals surface area contributed by atoms with Gasteiger partial charge >= 0.3 is 0 Å². The van der Waals surface area contributed by atoms with E-state index in [0.29, 0.717) is 6.54 Å². The van der Waals surface area contributed by atoms with Crippen LogP contribution in [-0.4, -0.2) is 57.0 Å². The van der Waals surface area contributed by atoms with Gasteiger partial charge in [0.25, 0.3) is 0 Å². The van der Waals surface area contributed by atoms with Crippen LogP contribution in [0.4, 0.5) is 0 Å². The van der Waals surface area contributed by atoms with Crippen LogP contribution < -0.4 is 10.0 Å². The van der Waals surface area contributed by atoms with Crippen LogP contribution in [0.1, 0.15) is 32.6 Å². The molecule has 1 saturated carbocycles. The topological polar surface area (TPSA) is 86.7 Å². The number of aromatic nitrogens is 1. The summed E-state index contributed by atoms with van der Waals surface area (Å²) in [6, 6.07) is 3.15. The minimum Gasteiger partial charge on any atom is -0.357 e. The molecule has 0 radical (unpaired) electrons. The smallest absolute Gasteiger partial charge is 0.242 e. The Labute approximate surface area is 156 Å². The van der Waals surface area contributed by atoms with Crippen molar-refractivity contribution in [3.63, 3.8) is 0 Å². The van der Waals surface area contributed by atoms with E-state index in [4.69, 9.17) is 0 Å². The van der Waals surface area contributed by atoms with Crippen LogP contribution in [0.15, 0.2) is 34.4 Å². The first-order valence-corrected chi connectivity index (χ1v) is 11.0. The molecule has 144 valence electrons. The SMILES string of the molecule is CCNC(=NCCNS(=O)(=O)c1cccnc1)N1CC2CCCCC2C1. The lowest BCUT2D eigenvalue weighted by molar-refractivity contribution is 0.299. The zero-order chi connectivity index (χ0) is 18.4. The molecule has 1 aromatic heterocycles. The van der Waals surface area contributed by atoms with Crippen molar-refractivity contribution < 1.29 is 8.42 Å². The Kier molecular flexibility index (Phi) is 6.48. The van der Waals surface area contributed by atoms with Gasteiger partial charge in [0.2, 0.25) is 10.0 Å². The molecule has 2 unspecified atom stereocenters. The van der Waals surface area contributed by atoms with E-state index in [0.717, 1.165) is 37.4 Å². The number of hydrogen-bond donors (Lipinski definition) is 2. The third-order valence-corrected chi connectivity index (χ3v) is 6.67. The molecule has 0 amide bonds. The van der Waals surface area contributed by atoms with Gasteiger partial charge in [-0.2, -0.15) is 0 Å². The fraction of sp³-hybridized carbons (Fsp3) is 0.667. The van der Waals surface area contributed by atoms with Crippen LogP contribution in [0.2, 0.25) is 0 Å². The Bertz CT molecular complexity index is 694. The van der Waals surface area contributed by atoms with Gasteiger partial charge in [0.05, 0.1) is 6.54 Å². The average Bonchev–Trinajstić information content (AvgIpc) is 3.09. The Morgan fingerprint density at radius 3 is 2.65 bits per heavy atom. The van der Waals surface area contributed by atoms with E-state index in [1.165, 1.54) is 37.9 Å². The number of aliphatic imine (C=N–C) groups is 1. The van der Waals surface area contributed by atoms with Crippen molar-refractivity contribution in [2.75, 3.05) is 32.7 Å². The molecule has 2 fully saturated rings. The Morgan fingerprint density at radius 2 is 2.04 bits per heavy atom. The van der Waals surface area contributed by atoms with Gasteiger partial charge in [-0.3, -0.25) is 9.98 Å². The van der Waals surface area contributed by atoms with Crippen LogP contribution in [0, 0.1) is 11.8 Å². The summed E-state index contributed by atoms with van der Waals surface area (Å²) in [6.45, 7) is 5.69. The number of sulfonamides is 1. The lowest BCUT2D eigenvalue weighted by Gasteiger charge is -2.22. The van der Waals surface area contributed by atoms with Gasteiger partial charge in [0, 0.05) is 38.6 Å². The van der Waals surface area contributed by atoms with E-state index >= 15 is 0 Å². The molecular formula is C18H29N5O2S. The molecule has 1 aromatic rings. The predicted octanol–water partition coefficient (Wildman–Crippen LogP) is 1.45. The van der Waals surface area contributed by atoms with E-state index < -0.39 is 10.0 Å². The molecular weight excluding hydrogens is 350 g/mol. The summed E-state index contributed by atoms with van der Waals surface area (Å²) < 4.78 is 27.0. The van der Waals surface area contributed by atoms with Gasteiger partial charge in [0.15, 0.2) is 5.96 Å². The largest absolute Gasteiger partial charge is 0.357 e. The highest BCUT2D eigenvalue weighted by atomic mass is 32.2. The van der Waals surface area contributed by atoms with Gasteiger partial charge in [-0.25, -0.2) is 13.1 Å². The summed E-state index contributed by atoms with van der Waals surface area (Å²) in [4.78, 5) is 11.0. The number of guanidine groups is 1. The lowest BCUT2D eigenvalue weighted by Crippen LogP contribution is -2.41. The maximum atomic E-state index is 12.2. The highest BCUT2D eigenvalue weighted by molar-refractivity contribution is 7.89. The van der Waals surface area contributed by atoms with Crippen molar-refractivity contribution in [2.24, 2.45) is 16.8 Å². The van der Waals surface area contributed by atoms with Gasteiger partial charge in [-0.05, 0) is 43.7 Å². The van der Waals surface area contributed by atoms with Crippen LogP contribution >= 0.6 is 0 Å². The number of pyridine rings is 1. The number of nitrogens with zero attached hydrogens (tertiary/aromatic N) is 3. The fourth-order valence-corrected chi connectivity index (χ4v) is 4.92. The second-order valence-electron chi connectivity index (χ2n) is 7.03. The predicted molar refractivity (Wildman–Crippen MR) is 102 cm³/mol. The zero-order valence-corrected chi connectivity index (χ0v) is 16.2. The molecule has 0 aromatic carbocycles. The minimum atomic E-state index is -3.52. The summed E-state index contributed by atoms with van der Waals surface area (Å²) >= 11 is 0. The Balaban J connectivity index is 1.55. The van der Waals surface area contributed by atoms with Crippen molar-refractivity contribution >= 4 is 16.0 Å². The van der Waals surface area contributed by atoms with Crippen LogP contribution in [0.25, 0.3) is 0 Å². The first-order chi connectivity index (χ1) is 12.6. The quantitative estimate of drug-likeness (QED) is 0.444. The Morgan fingerprint density at radius 1 is 1.31 bits per heavy atom. The number of nitrogens with one attached hydrogen (secondary N) is 2. The third kappa shape index (κ3) is 4.73. The molecule has 26 heavy (non-hydrogen) atoms. The van der Waals surface area contributed by atoms with Crippen molar-refractivity contribution in [1.29, 1.82) is 0 Å². The number of fused-ring (bicyclic) bond motifs is 1. The van der Waals surface area contributed by atoms with Gasteiger partial charge in [0.1, 0.15) is 4.90 Å². The molecule has 1 aliphatic carbocycles.